The largest absolute Gasteiger partial charge is 0.452 e. The van der Waals surface area contributed by atoms with E-state index in [1.54, 1.807) is 22.0 Å². The summed E-state index contributed by atoms with van der Waals surface area (Å²) in [6, 6.07) is 3.74. The molecule has 0 saturated carbocycles. The molecular weight excluding hydrogens is 478 g/mol. The second-order valence-electron chi connectivity index (χ2n) is 9.34. The van der Waals surface area contributed by atoms with Crippen LogP contribution in [0.15, 0.2) is 24.5 Å². The number of carbonyl (C=O) groups excluding carboxylic acids is 1. The number of halogens is 1. The van der Waals surface area contributed by atoms with Crippen molar-refractivity contribution in [3.05, 3.63) is 40.9 Å². The SMILES string of the molecule is COC(=O)N1c2ccc3c(nc([C@H](C)Cn4cc(Cl)cn4)n3[C@H]3CCS(=O)(=O)C3)c2CC[C@@H]1C. The van der Waals surface area contributed by atoms with Gasteiger partial charge in [-0.15, -0.1) is 0 Å². The molecule has 34 heavy (non-hydrogen) atoms. The zero-order chi connectivity index (χ0) is 24.2. The van der Waals surface area contributed by atoms with Crippen LogP contribution in [0.4, 0.5) is 10.5 Å². The highest BCUT2D eigenvalue weighted by Gasteiger charge is 2.35. The van der Waals surface area contributed by atoms with E-state index in [1.165, 1.54) is 7.11 Å². The van der Waals surface area contributed by atoms with Gasteiger partial charge in [-0.1, -0.05) is 18.5 Å². The first-order chi connectivity index (χ1) is 16.2. The van der Waals surface area contributed by atoms with Crippen molar-refractivity contribution in [3.8, 4) is 0 Å². The number of methoxy groups -OCH3 is 1. The van der Waals surface area contributed by atoms with Gasteiger partial charge in [0.1, 0.15) is 5.82 Å². The fourth-order valence-corrected chi connectivity index (χ4v) is 7.16. The maximum Gasteiger partial charge on any atom is 0.414 e. The Morgan fingerprint density at radius 1 is 1.32 bits per heavy atom. The quantitative estimate of drug-likeness (QED) is 0.532. The van der Waals surface area contributed by atoms with E-state index in [9.17, 15) is 13.2 Å². The van der Waals surface area contributed by atoms with Crippen LogP contribution < -0.4 is 4.90 Å². The Labute approximate surface area is 203 Å². The predicted molar refractivity (Wildman–Crippen MR) is 130 cm³/mol. The van der Waals surface area contributed by atoms with Gasteiger partial charge in [-0.3, -0.25) is 9.58 Å². The van der Waals surface area contributed by atoms with Crippen molar-refractivity contribution in [2.75, 3.05) is 23.5 Å². The predicted octanol–water partition coefficient (Wildman–Crippen LogP) is 3.96. The van der Waals surface area contributed by atoms with Crippen LogP contribution in [0.2, 0.25) is 5.02 Å². The average Bonchev–Trinajstić information content (AvgIpc) is 3.48. The molecule has 2 aromatic heterocycles. The molecule has 0 spiro atoms. The molecule has 1 saturated heterocycles. The first kappa shape index (κ1) is 23.2. The third kappa shape index (κ3) is 3.96. The maximum atomic E-state index is 12.5. The van der Waals surface area contributed by atoms with Crippen LogP contribution >= 0.6 is 11.6 Å². The monoisotopic (exact) mass is 505 g/mol. The molecule has 5 rings (SSSR count). The van der Waals surface area contributed by atoms with Crippen LogP contribution in [0.3, 0.4) is 0 Å². The molecule has 3 aromatic rings. The molecule has 3 atom stereocenters. The molecule has 0 unspecified atom stereocenters. The standard InChI is InChI=1S/C23H28ClN5O4S/c1-14(11-27-12-16(24)10-25-27)22-26-21-18-5-4-15(2)28(23(30)33-3)19(18)6-7-20(21)29(22)17-8-9-34(31,32)13-17/h6-7,10,12,14-15,17H,4-5,8-9,11,13H2,1-3H3/t14-,15+,17+/m1/s1. The van der Waals surface area contributed by atoms with Gasteiger partial charge in [-0.25, -0.2) is 18.2 Å². The molecule has 11 heteroatoms. The van der Waals surface area contributed by atoms with Crippen molar-refractivity contribution < 1.29 is 17.9 Å². The molecule has 182 valence electrons. The summed E-state index contributed by atoms with van der Waals surface area (Å²) in [5.41, 5.74) is 3.53. The lowest BCUT2D eigenvalue weighted by Crippen LogP contribution is -2.42. The molecule has 0 N–H and O–H groups in total. The summed E-state index contributed by atoms with van der Waals surface area (Å²) in [6.07, 6.45) is 5.11. The number of anilines is 1. The number of rotatable bonds is 4. The molecule has 9 nitrogen and oxygen atoms in total. The number of sulfone groups is 1. The van der Waals surface area contributed by atoms with Gasteiger partial charge in [0.05, 0.1) is 59.1 Å². The third-order valence-corrected chi connectivity index (χ3v) is 8.88. The highest BCUT2D eigenvalue weighted by Crippen LogP contribution is 2.40. The lowest BCUT2D eigenvalue weighted by molar-refractivity contribution is 0.175. The first-order valence-corrected chi connectivity index (χ1v) is 13.7. The van der Waals surface area contributed by atoms with Crippen molar-refractivity contribution in [1.29, 1.82) is 0 Å². The molecule has 0 bridgehead atoms. The van der Waals surface area contributed by atoms with E-state index in [1.807, 2.05) is 19.1 Å². The molecule has 0 aliphatic carbocycles. The molecular formula is C23H28ClN5O4S. The van der Waals surface area contributed by atoms with Gasteiger partial charge in [0.2, 0.25) is 0 Å². The van der Waals surface area contributed by atoms with Gasteiger partial charge in [-0.2, -0.15) is 5.10 Å². The normalized spacial score (nSPS) is 22.6. The molecule has 0 radical (unpaired) electrons. The lowest BCUT2D eigenvalue weighted by Gasteiger charge is -2.34. The summed E-state index contributed by atoms with van der Waals surface area (Å²) in [5.74, 6) is 1.06. The van der Waals surface area contributed by atoms with Crippen LogP contribution in [-0.2, 0) is 27.5 Å². The number of amides is 1. The minimum Gasteiger partial charge on any atom is -0.452 e. The summed E-state index contributed by atoms with van der Waals surface area (Å²) >= 11 is 6.05. The van der Waals surface area contributed by atoms with Crippen LogP contribution in [0.5, 0.6) is 0 Å². The van der Waals surface area contributed by atoms with E-state index in [4.69, 9.17) is 21.3 Å². The van der Waals surface area contributed by atoms with E-state index in [0.717, 1.165) is 41.0 Å². The van der Waals surface area contributed by atoms with Crippen molar-refractivity contribution in [3.63, 3.8) is 0 Å². The number of carbonyl (C=O) groups is 1. The highest BCUT2D eigenvalue weighted by atomic mass is 35.5. The second-order valence-corrected chi connectivity index (χ2v) is 12.0. The number of imidazole rings is 1. The number of nitrogens with zero attached hydrogens (tertiary/aromatic N) is 5. The maximum absolute atomic E-state index is 12.5. The number of hydrogen-bond donors (Lipinski definition) is 0. The Balaban J connectivity index is 1.65. The fourth-order valence-electron chi connectivity index (χ4n) is 5.30. The summed E-state index contributed by atoms with van der Waals surface area (Å²) in [5, 5.41) is 4.86. The van der Waals surface area contributed by atoms with Crippen molar-refractivity contribution in [2.45, 2.75) is 57.7 Å². The van der Waals surface area contributed by atoms with Gasteiger partial charge in [-0.05, 0) is 38.3 Å². The van der Waals surface area contributed by atoms with Gasteiger partial charge in [0.15, 0.2) is 9.84 Å². The molecule has 2 aliphatic rings. The number of fused-ring (bicyclic) bond motifs is 3. The average molecular weight is 506 g/mol. The van der Waals surface area contributed by atoms with E-state index < -0.39 is 15.9 Å². The van der Waals surface area contributed by atoms with Gasteiger partial charge in [0, 0.05) is 23.7 Å². The Hall–Kier alpha value is -2.59. The third-order valence-electron chi connectivity index (χ3n) is 6.93. The molecule has 2 aliphatic heterocycles. The van der Waals surface area contributed by atoms with Crippen molar-refractivity contribution in [2.24, 2.45) is 0 Å². The Morgan fingerprint density at radius 3 is 2.76 bits per heavy atom. The summed E-state index contributed by atoms with van der Waals surface area (Å²) in [7, 11) is -1.70. The molecule has 1 fully saturated rings. The summed E-state index contributed by atoms with van der Waals surface area (Å²) in [4.78, 5) is 19.3. The van der Waals surface area contributed by atoms with Gasteiger partial charge < -0.3 is 9.30 Å². The van der Waals surface area contributed by atoms with E-state index in [-0.39, 0.29) is 29.5 Å². The Kier molecular flexibility index (Phi) is 5.84. The highest BCUT2D eigenvalue weighted by molar-refractivity contribution is 7.91. The van der Waals surface area contributed by atoms with E-state index in [2.05, 4.69) is 16.6 Å². The van der Waals surface area contributed by atoms with E-state index >= 15 is 0 Å². The van der Waals surface area contributed by atoms with E-state index in [0.29, 0.717) is 18.0 Å². The summed E-state index contributed by atoms with van der Waals surface area (Å²) in [6.45, 7) is 4.63. The second kappa shape index (κ2) is 8.57. The summed E-state index contributed by atoms with van der Waals surface area (Å²) < 4.78 is 33.6. The fraction of sp³-hybridized carbons (Fsp3) is 0.522. The number of benzene rings is 1. The Bertz CT molecular complexity index is 1370. The van der Waals surface area contributed by atoms with Crippen LogP contribution in [0.25, 0.3) is 11.0 Å². The smallest absolute Gasteiger partial charge is 0.414 e. The van der Waals surface area contributed by atoms with Crippen molar-refractivity contribution >= 4 is 44.3 Å². The molecule has 4 heterocycles. The zero-order valence-electron chi connectivity index (χ0n) is 19.4. The van der Waals surface area contributed by atoms with Crippen LogP contribution in [0.1, 0.15) is 50.0 Å². The number of aryl methyl sites for hydroxylation is 1. The minimum atomic E-state index is -3.09. The number of hydrogen-bond acceptors (Lipinski definition) is 6. The lowest BCUT2D eigenvalue weighted by atomic mass is 9.95. The van der Waals surface area contributed by atoms with Gasteiger partial charge >= 0.3 is 6.09 Å². The van der Waals surface area contributed by atoms with Crippen LogP contribution in [-0.4, -0.2) is 58.5 Å². The zero-order valence-corrected chi connectivity index (χ0v) is 21.0. The first-order valence-electron chi connectivity index (χ1n) is 11.5. The molecule has 1 amide bonds. The molecule has 1 aromatic carbocycles. The van der Waals surface area contributed by atoms with Gasteiger partial charge in [0.25, 0.3) is 0 Å². The van der Waals surface area contributed by atoms with Crippen LogP contribution in [0, 0.1) is 0 Å². The number of aromatic nitrogens is 4. The topological polar surface area (TPSA) is 99.3 Å². The van der Waals surface area contributed by atoms with Crippen molar-refractivity contribution in [1.82, 2.24) is 19.3 Å². The minimum absolute atomic E-state index is 0.0161. The number of ether oxygens (including phenoxy) is 1. The Morgan fingerprint density at radius 2 is 2.12 bits per heavy atom.